The quantitative estimate of drug-likeness (QED) is 0.683. The van der Waals surface area contributed by atoms with Gasteiger partial charge in [0.05, 0.1) is 6.61 Å². The minimum Gasteiger partial charge on any atom is -0.492 e. The normalized spacial score (nSPS) is 12.5. The molecule has 3 rings (SSSR count). The van der Waals surface area contributed by atoms with Crippen LogP contribution in [-0.4, -0.2) is 31.7 Å². The first-order chi connectivity index (χ1) is 13.8. The van der Waals surface area contributed by atoms with Gasteiger partial charge < -0.3 is 19.9 Å². The van der Waals surface area contributed by atoms with Crippen molar-refractivity contribution in [3.63, 3.8) is 0 Å². The van der Waals surface area contributed by atoms with E-state index in [9.17, 15) is 18.3 Å². The Balaban J connectivity index is 0.000000941. The third-order valence-electron chi connectivity index (χ3n) is 4.32. The first kappa shape index (κ1) is 22.8. The van der Waals surface area contributed by atoms with Crippen molar-refractivity contribution in [3.05, 3.63) is 59.7 Å². The molecule has 2 aromatic rings. The molecular formula is C22H26F3NO3. The van der Waals surface area contributed by atoms with Gasteiger partial charge in [0.25, 0.3) is 0 Å². The van der Waals surface area contributed by atoms with Crippen molar-refractivity contribution in [2.24, 2.45) is 0 Å². The van der Waals surface area contributed by atoms with E-state index in [1.807, 2.05) is 20.0 Å². The summed E-state index contributed by atoms with van der Waals surface area (Å²) in [4.78, 5) is 0. The van der Waals surface area contributed by atoms with Crippen molar-refractivity contribution in [1.82, 2.24) is 5.32 Å². The summed E-state index contributed by atoms with van der Waals surface area (Å²) in [5, 5.41) is 12.5. The minimum atomic E-state index is -4.71. The zero-order chi connectivity index (χ0) is 21.4. The standard InChI is InChI=1S/C19H20F3NO3.C3H6/c1-23-11-13-10-17(18-16(7-9-25-18)15(13)6-8-24)12-2-4-14(5-3-12)26-19(20,21)22;1-3-2/h2-5,10,23-24H,6-9,11H2,1H3;3H,1H2,2H3. The molecule has 0 amide bonds. The second-order valence-electron chi connectivity index (χ2n) is 6.45. The summed E-state index contributed by atoms with van der Waals surface area (Å²) in [5.74, 6) is 0.490. The lowest BCUT2D eigenvalue weighted by Crippen LogP contribution is -2.16. The summed E-state index contributed by atoms with van der Waals surface area (Å²) in [7, 11) is 1.84. The monoisotopic (exact) mass is 409 g/mol. The van der Waals surface area contributed by atoms with Crippen molar-refractivity contribution in [1.29, 1.82) is 0 Å². The van der Waals surface area contributed by atoms with E-state index >= 15 is 0 Å². The second-order valence-corrected chi connectivity index (χ2v) is 6.45. The third kappa shape index (κ3) is 5.98. The molecule has 0 saturated carbocycles. The van der Waals surface area contributed by atoms with E-state index in [0.717, 1.165) is 40.0 Å². The Morgan fingerprint density at radius 2 is 1.93 bits per heavy atom. The van der Waals surface area contributed by atoms with Crippen LogP contribution >= 0.6 is 0 Å². The van der Waals surface area contributed by atoms with Crippen LogP contribution in [0.15, 0.2) is 43.0 Å². The highest BCUT2D eigenvalue weighted by Gasteiger charge is 2.31. The highest BCUT2D eigenvalue weighted by atomic mass is 19.4. The molecule has 0 bridgehead atoms. The first-order valence-electron chi connectivity index (χ1n) is 9.33. The third-order valence-corrected chi connectivity index (χ3v) is 4.32. The molecule has 7 heteroatoms. The summed E-state index contributed by atoms with van der Waals surface area (Å²) in [5.41, 5.74) is 4.79. The zero-order valence-electron chi connectivity index (χ0n) is 16.6. The van der Waals surface area contributed by atoms with E-state index in [-0.39, 0.29) is 12.4 Å². The van der Waals surface area contributed by atoms with Gasteiger partial charge in [-0.15, -0.1) is 19.8 Å². The fourth-order valence-corrected chi connectivity index (χ4v) is 3.33. The maximum absolute atomic E-state index is 12.3. The number of fused-ring (bicyclic) bond motifs is 1. The molecule has 1 heterocycles. The number of benzene rings is 2. The van der Waals surface area contributed by atoms with Crippen LogP contribution < -0.4 is 14.8 Å². The van der Waals surface area contributed by atoms with Gasteiger partial charge in [-0.05, 0) is 55.3 Å². The summed E-state index contributed by atoms with van der Waals surface area (Å²) < 4.78 is 46.7. The average Bonchev–Trinajstić information content (AvgIpc) is 3.14. The van der Waals surface area contributed by atoms with Crippen molar-refractivity contribution in [3.8, 4) is 22.6 Å². The van der Waals surface area contributed by atoms with Crippen molar-refractivity contribution >= 4 is 0 Å². The highest BCUT2D eigenvalue weighted by molar-refractivity contribution is 5.75. The van der Waals surface area contributed by atoms with Gasteiger partial charge in [0, 0.05) is 30.7 Å². The number of alkyl halides is 3. The molecular weight excluding hydrogens is 383 g/mol. The van der Waals surface area contributed by atoms with Gasteiger partial charge in [0.15, 0.2) is 0 Å². The molecule has 0 aliphatic carbocycles. The molecule has 0 fully saturated rings. The Kier molecular flexibility index (Phi) is 8.10. The fraction of sp³-hybridized carbons (Fsp3) is 0.364. The predicted octanol–water partition coefficient (Wildman–Crippen LogP) is 4.63. The average molecular weight is 409 g/mol. The van der Waals surface area contributed by atoms with Crippen LogP contribution in [0.4, 0.5) is 13.2 Å². The molecule has 0 radical (unpaired) electrons. The summed E-state index contributed by atoms with van der Waals surface area (Å²) in [6.07, 6.45) is -1.66. The number of aliphatic hydroxyl groups excluding tert-OH is 1. The largest absolute Gasteiger partial charge is 0.573 e. The van der Waals surface area contributed by atoms with Crippen LogP contribution in [-0.2, 0) is 19.4 Å². The molecule has 4 nitrogen and oxygen atoms in total. The van der Waals surface area contributed by atoms with Crippen LogP contribution in [0.25, 0.3) is 11.1 Å². The van der Waals surface area contributed by atoms with Gasteiger partial charge >= 0.3 is 6.36 Å². The van der Waals surface area contributed by atoms with Crippen LogP contribution in [0.2, 0.25) is 0 Å². The van der Waals surface area contributed by atoms with Crippen molar-refractivity contribution in [2.45, 2.75) is 32.7 Å². The lowest BCUT2D eigenvalue weighted by atomic mass is 9.91. The molecule has 1 aliphatic heterocycles. The Labute approximate surface area is 169 Å². The number of allylic oxidation sites excluding steroid dienone is 1. The summed E-state index contributed by atoms with van der Waals surface area (Å²) in [6.45, 7) is 6.48. The highest BCUT2D eigenvalue weighted by Crippen LogP contribution is 2.41. The van der Waals surface area contributed by atoms with Crippen LogP contribution in [0.5, 0.6) is 11.5 Å². The number of nitrogens with one attached hydrogen (secondary N) is 1. The van der Waals surface area contributed by atoms with E-state index in [2.05, 4.69) is 16.6 Å². The maximum Gasteiger partial charge on any atom is 0.573 e. The van der Waals surface area contributed by atoms with Gasteiger partial charge in [0.1, 0.15) is 11.5 Å². The Morgan fingerprint density at radius 1 is 1.28 bits per heavy atom. The number of hydrogen-bond acceptors (Lipinski definition) is 4. The lowest BCUT2D eigenvalue weighted by Gasteiger charge is -2.17. The smallest absolute Gasteiger partial charge is 0.492 e. The van der Waals surface area contributed by atoms with Crippen LogP contribution in [0, 0.1) is 0 Å². The molecule has 0 saturated heterocycles. The summed E-state index contributed by atoms with van der Waals surface area (Å²) >= 11 is 0. The molecule has 1 aliphatic rings. The zero-order valence-corrected chi connectivity index (χ0v) is 16.6. The van der Waals surface area contributed by atoms with Crippen LogP contribution in [0.1, 0.15) is 23.6 Å². The van der Waals surface area contributed by atoms with Gasteiger partial charge in [-0.2, -0.15) is 0 Å². The Hall–Kier alpha value is -2.51. The predicted molar refractivity (Wildman–Crippen MR) is 107 cm³/mol. The minimum absolute atomic E-state index is 0.0476. The topological polar surface area (TPSA) is 50.7 Å². The van der Waals surface area contributed by atoms with E-state index in [0.29, 0.717) is 19.6 Å². The molecule has 0 aromatic heterocycles. The second kappa shape index (κ2) is 10.3. The summed E-state index contributed by atoms with van der Waals surface area (Å²) in [6, 6.07) is 7.75. The van der Waals surface area contributed by atoms with Crippen molar-refractivity contribution < 1.29 is 27.8 Å². The van der Waals surface area contributed by atoms with E-state index in [1.165, 1.54) is 12.1 Å². The number of halogens is 3. The molecule has 0 spiro atoms. The first-order valence-corrected chi connectivity index (χ1v) is 9.33. The number of hydrogen-bond donors (Lipinski definition) is 2. The molecule has 158 valence electrons. The van der Waals surface area contributed by atoms with Gasteiger partial charge in [0.2, 0.25) is 0 Å². The molecule has 0 unspecified atom stereocenters. The number of ether oxygens (including phenoxy) is 2. The van der Waals surface area contributed by atoms with Crippen LogP contribution in [0.3, 0.4) is 0 Å². The Bertz CT molecular complexity index is 818. The lowest BCUT2D eigenvalue weighted by molar-refractivity contribution is -0.274. The van der Waals surface area contributed by atoms with Gasteiger partial charge in [-0.25, -0.2) is 0 Å². The van der Waals surface area contributed by atoms with Gasteiger partial charge in [-0.3, -0.25) is 0 Å². The number of aliphatic hydroxyl groups is 1. The molecule has 0 atom stereocenters. The van der Waals surface area contributed by atoms with E-state index in [4.69, 9.17) is 4.74 Å². The van der Waals surface area contributed by atoms with Gasteiger partial charge in [-0.1, -0.05) is 18.2 Å². The van der Waals surface area contributed by atoms with E-state index in [1.54, 1.807) is 18.2 Å². The SMILES string of the molecule is C=CC.CNCc1cc(-c2ccc(OC(F)(F)F)cc2)c2c(c1CCO)CCO2. The Morgan fingerprint density at radius 3 is 2.48 bits per heavy atom. The molecule has 2 aromatic carbocycles. The maximum atomic E-state index is 12.3. The van der Waals surface area contributed by atoms with E-state index < -0.39 is 6.36 Å². The fourth-order valence-electron chi connectivity index (χ4n) is 3.33. The molecule has 29 heavy (non-hydrogen) atoms. The molecule has 2 N–H and O–H groups in total. The number of rotatable bonds is 6. The van der Waals surface area contributed by atoms with Crippen molar-refractivity contribution in [2.75, 3.05) is 20.3 Å².